The maximum absolute atomic E-state index is 5.47. The number of hydrogen-bond donors (Lipinski definition) is 3. The van der Waals surface area contributed by atoms with Gasteiger partial charge in [-0.2, -0.15) is 0 Å². The average molecular weight is 417 g/mol. The molecular formula is C21H20O3S3. The molecule has 0 amide bonds. The summed E-state index contributed by atoms with van der Waals surface area (Å²) in [7, 11) is 0. The lowest BCUT2D eigenvalue weighted by molar-refractivity contribution is 0.623. The van der Waals surface area contributed by atoms with Crippen molar-refractivity contribution in [2.75, 3.05) is 0 Å². The minimum absolute atomic E-state index is 0.612. The first-order valence-corrected chi connectivity index (χ1v) is 9.40. The fourth-order valence-electron chi connectivity index (χ4n) is 3.28. The summed E-state index contributed by atoms with van der Waals surface area (Å²) in [6.07, 6.45) is 0. The topological polar surface area (TPSA) is 27.7 Å². The maximum atomic E-state index is 5.47. The van der Waals surface area contributed by atoms with Crippen LogP contribution in [0.1, 0.15) is 16.7 Å². The van der Waals surface area contributed by atoms with Gasteiger partial charge in [-0.05, 0) is 55.2 Å². The Bertz CT molecular complexity index is 972. The third-order valence-electron chi connectivity index (χ3n) is 4.82. The third kappa shape index (κ3) is 3.61. The highest BCUT2D eigenvalue weighted by atomic mass is 32.1. The van der Waals surface area contributed by atoms with Gasteiger partial charge in [0.1, 0.15) is 17.2 Å². The van der Waals surface area contributed by atoms with Crippen molar-refractivity contribution in [1.82, 2.24) is 0 Å². The van der Waals surface area contributed by atoms with E-state index >= 15 is 0 Å². The fraction of sp³-hybridized carbons (Fsp3) is 0.143. The van der Waals surface area contributed by atoms with Gasteiger partial charge in [-0.3, -0.25) is 0 Å². The zero-order valence-electron chi connectivity index (χ0n) is 15.2. The van der Waals surface area contributed by atoms with Gasteiger partial charge in [-0.1, -0.05) is 36.4 Å². The van der Waals surface area contributed by atoms with E-state index in [-0.39, 0.29) is 0 Å². The second-order valence-electron chi connectivity index (χ2n) is 6.26. The molecule has 3 nitrogen and oxygen atoms in total. The lowest BCUT2D eigenvalue weighted by Gasteiger charge is -2.21. The quantitative estimate of drug-likeness (QED) is 0.322. The first-order chi connectivity index (χ1) is 13.0. The highest BCUT2D eigenvalue weighted by Gasteiger charge is 2.23. The third-order valence-corrected chi connectivity index (χ3v) is 5.39. The van der Waals surface area contributed by atoms with Gasteiger partial charge in [0.05, 0.1) is 0 Å². The molecule has 0 unspecified atom stereocenters. The van der Waals surface area contributed by atoms with Gasteiger partial charge in [0, 0.05) is 55.4 Å². The largest absolute Gasteiger partial charge is 0.428 e. The Morgan fingerprint density at radius 1 is 0.630 bits per heavy atom. The molecule has 0 radical (unpaired) electrons. The second-order valence-corrected chi connectivity index (χ2v) is 6.81. The van der Waals surface area contributed by atoms with Crippen LogP contribution in [0.2, 0.25) is 0 Å². The number of benzene rings is 3. The summed E-state index contributed by atoms with van der Waals surface area (Å²) < 4.78 is 16.2. The van der Waals surface area contributed by atoms with Gasteiger partial charge in [-0.15, -0.1) is 0 Å². The van der Waals surface area contributed by atoms with E-state index in [0.717, 1.165) is 38.9 Å². The highest BCUT2D eigenvalue weighted by molar-refractivity contribution is 7.75. The Morgan fingerprint density at radius 3 is 1.85 bits per heavy atom. The van der Waals surface area contributed by atoms with Crippen LogP contribution < -0.4 is 12.5 Å². The van der Waals surface area contributed by atoms with Crippen LogP contribution in [0.15, 0.2) is 48.5 Å². The van der Waals surface area contributed by atoms with Crippen molar-refractivity contribution in [2.24, 2.45) is 0 Å². The standard InChI is InChI=1S/C21H20O3S3/c1-12-13(2)21(24-27)19(14(3)20(12)23-26)17-11-16(9-10-18(17)22-25)15-7-5-4-6-8-15/h4-11,25-27H,1-3H3. The first kappa shape index (κ1) is 19.9. The molecule has 0 N–H and O–H groups in total. The molecule has 0 aliphatic carbocycles. The summed E-state index contributed by atoms with van der Waals surface area (Å²) >= 11 is 12.2. The predicted molar refractivity (Wildman–Crippen MR) is 120 cm³/mol. The summed E-state index contributed by atoms with van der Waals surface area (Å²) in [6, 6.07) is 16.1. The van der Waals surface area contributed by atoms with Crippen molar-refractivity contribution in [3.05, 3.63) is 65.2 Å². The van der Waals surface area contributed by atoms with Gasteiger partial charge in [0.25, 0.3) is 0 Å². The minimum atomic E-state index is 0.612. The van der Waals surface area contributed by atoms with Crippen LogP contribution in [-0.2, 0) is 0 Å². The lowest BCUT2D eigenvalue weighted by Crippen LogP contribution is -1.99. The van der Waals surface area contributed by atoms with Crippen LogP contribution in [0, 0.1) is 20.8 Å². The van der Waals surface area contributed by atoms with Gasteiger partial charge in [0.2, 0.25) is 0 Å². The lowest BCUT2D eigenvalue weighted by atomic mass is 9.90. The average Bonchev–Trinajstić information content (AvgIpc) is 2.71. The summed E-state index contributed by atoms with van der Waals surface area (Å²) in [5, 5.41) is 0. The Balaban J connectivity index is 2.35. The molecule has 0 aliphatic rings. The molecule has 3 rings (SSSR count). The number of thiol groups is 3. The first-order valence-electron chi connectivity index (χ1n) is 8.31. The summed E-state index contributed by atoms with van der Waals surface area (Å²) in [6.45, 7) is 5.88. The molecule has 0 heterocycles. The minimum Gasteiger partial charge on any atom is -0.428 e. The normalized spacial score (nSPS) is 10.6. The molecule has 0 atom stereocenters. The zero-order chi connectivity index (χ0) is 19.6. The summed E-state index contributed by atoms with van der Waals surface area (Å²) in [5.74, 6) is 1.95. The van der Waals surface area contributed by atoms with Crippen LogP contribution in [0.3, 0.4) is 0 Å². The second kappa shape index (κ2) is 8.42. The Kier molecular flexibility index (Phi) is 6.19. The molecule has 0 fully saturated rings. The maximum Gasteiger partial charge on any atom is 0.148 e. The molecule has 27 heavy (non-hydrogen) atoms. The van der Waals surface area contributed by atoms with Crippen molar-refractivity contribution >= 4 is 38.7 Å². The molecule has 0 aliphatic heterocycles. The van der Waals surface area contributed by atoms with E-state index in [1.165, 1.54) is 0 Å². The van der Waals surface area contributed by atoms with Gasteiger partial charge in [-0.25, -0.2) is 0 Å². The Hall–Kier alpha value is -1.89. The van der Waals surface area contributed by atoms with Gasteiger partial charge < -0.3 is 12.5 Å². The van der Waals surface area contributed by atoms with Crippen molar-refractivity contribution in [2.45, 2.75) is 20.8 Å². The van der Waals surface area contributed by atoms with E-state index in [9.17, 15) is 0 Å². The molecular weight excluding hydrogens is 396 g/mol. The monoisotopic (exact) mass is 416 g/mol. The zero-order valence-corrected chi connectivity index (χ0v) is 17.9. The predicted octanol–water partition coefficient (Wildman–Crippen LogP) is 6.62. The van der Waals surface area contributed by atoms with Crippen LogP contribution >= 0.6 is 38.7 Å². The molecule has 3 aromatic carbocycles. The summed E-state index contributed by atoms with van der Waals surface area (Å²) in [5.41, 5.74) is 6.57. The number of rotatable bonds is 5. The molecule has 0 aromatic heterocycles. The van der Waals surface area contributed by atoms with Gasteiger partial charge >= 0.3 is 0 Å². The molecule has 6 heteroatoms. The van der Waals surface area contributed by atoms with Crippen molar-refractivity contribution in [1.29, 1.82) is 0 Å². The van der Waals surface area contributed by atoms with E-state index in [0.29, 0.717) is 17.2 Å². The molecule has 3 aromatic rings. The molecule has 140 valence electrons. The molecule has 0 saturated carbocycles. The van der Waals surface area contributed by atoms with Crippen molar-refractivity contribution in [3.8, 4) is 39.5 Å². The van der Waals surface area contributed by atoms with E-state index < -0.39 is 0 Å². The van der Waals surface area contributed by atoms with E-state index in [1.807, 2.05) is 51.1 Å². The molecule has 0 bridgehead atoms. The van der Waals surface area contributed by atoms with Crippen molar-refractivity contribution < 1.29 is 12.5 Å². The van der Waals surface area contributed by atoms with E-state index in [2.05, 4.69) is 56.9 Å². The molecule has 0 saturated heterocycles. The smallest absolute Gasteiger partial charge is 0.148 e. The molecule has 0 spiro atoms. The Labute approximate surface area is 176 Å². The number of hydrogen-bond acceptors (Lipinski definition) is 6. The van der Waals surface area contributed by atoms with Crippen LogP contribution in [0.25, 0.3) is 22.3 Å². The van der Waals surface area contributed by atoms with E-state index in [4.69, 9.17) is 12.5 Å². The van der Waals surface area contributed by atoms with Crippen molar-refractivity contribution in [3.63, 3.8) is 0 Å². The van der Waals surface area contributed by atoms with Crippen LogP contribution in [0.5, 0.6) is 17.2 Å². The van der Waals surface area contributed by atoms with E-state index in [1.54, 1.807) is 0 Å². The summed E-state index contributed by atoms with van der Waals surface area (Å²) in [4.78, 5) is 0. The van der Waals surface area contributed by atoms with Gasteiger partial charge in [0.15, 0.2) is 0 Å². The fourth-order valence-corrected chi connectivity index (χ4v) is 3.94. The Morgan fingerprint density at radius 2 is 1.26 bits per heavy atom. The highest BCUT2D eigenvalue weighted by Crippen LogP contribution is 2.48. The SMILES string of the molecule is Cc1c(C)c(OS)c(-c2cc(-c3ccccc3)ccc2OS)c(C)c1OS. The van der Waals surface area contributed by atoms with Crippen LogP contribution in [-0.4, -0.2) is 0 Å². The van der Waals surface area contributed by atoms with Crippen LogP contribution in [0.4, 0.5) is 0 Å².